The third-order valence-corrected chi connectivity index (χ3v) is 5.01. The number of hydrogen-bond donors (Lipinski definition) is 2. The number of methoxy groups -OCH3 is 1. The Labute approximate surface area is 177 Å². The molecule has 31 heavy (non-hydrogen) atoms. The number of benzene rings is 3. The van der Waals surface area contributed by atoms with Gasteiger partial charge in [-0.25, -0.2) is 0 Å². The molecular weight excluding hydrogens is 409 g/mol. The second-order valence-corrected chi connectivity index (χ2v) is 7.03. The molecule has 4 nitrogen and oxygen atoms in total. The van der Waals surface area contributed by atoms with Gasteiger partial charge in [-0.2, -0.15) is 13.2 Å². The van der Waals surface area contributed by atoms with E-state index in [1.165, 1.54) is 13.2 Å². The summed E-state index contributed by atoms with van der Waals surface area (Å²) < 4.78 is 44.5. The van der Waals surface area contributed by atoms with Crippen LogP contribution in [0.5, 0.6) is 5.75 Å². The van der Waals surface area contributed by atoms with Crippen LogP contribution in [-0.4, -0.2) is 23.3 Å². The number of aliphatic hydroxyl groups is 1. The number of aliphatic hydroxyl groups excluding tert-OH is 1. The van der Waals surface area contributed by atoms with Gasteiger partial charge in [0.05, 0.1) is 19.3 Å². The zero-order valence-electron chi connectivity index (χ0n) is 16.7. The molecule has 7 heteroatoms. The molecule has 0 saturated carbocycles. The third kappa shape index (κ3) is 5.24. The number of carboxylic acids is 1. The maximum absolute atomic E-state index is 13.1. The Morgan fingerprint density at radius 1 is 0.935 bits per heavy atom. The lowest BCUT2D eigenvalue weighted by molar-refractivity contribution is -0.138. The lowest BCUT2D eigenvalue weighted by Gasteiger charge is -2.15. The second kappa shape index (κ2) is 9.22. The van der Waals surface area contributed by atoms with Crippen LogP contribution >= 0.6 is 0 Å². The Bertz CT molecular complexity index is 1090. The topological polar surface area (TPSA) is 66.8 Å². The minimum atomic E-state index is -4.46. The van der Waals surface area contributed by atoms with Crippen LogP contribution in [0.1, 0.15) is 23.1 Å². The fourth-order valence-electron chi connectivity index (χ4n) is 3.46. The van der Waals surface area contributed by atoms with Crippen molar-refractivity contribution in [2.24, 2.45) is 0 Å². The van der Waals surface area contributed by atoms with E-state index in [1.807, 2.05) is 0 Å². The fraction of sp³-hybridized carbons (Fsp3) is 0.208. The second-order valence-electron chi connectivity index (χ2n) is 7.03. The molecule has 0 heterocycles. The van der Waals surface area contributed by atoms with Crippen LogP contribution in [0.4, 0.5) is 13.2 Å². The molecule has 0 radical (unpaired) electrons. The molecule has 3 aromatic carbocycles. The van der Waals surface area contributed by atoms with Gasteiger partial charge in [-0.05, 0) is 70.1 Å². The van der Waals surface area contributed by atoms with Crippen molar-refractivity contribution in [1.29, 1.82) is 0 Å². The molecule has 3 aromatic rings. The zero-order valence-corrected chi connectivity index (χ0v) is 16.7. The van der Waals surface area contributed by atoms with Crippen molar-refractivity contribution in [3.63, 3.8) is 0 Å². The summed E-state index contributed by atoms with van der Waals surface area (Å²) in [6.07, 6.45) is -4.24. The van der Waals surface area contributed by atoms with Gasteiger partial charge < -0.3 is 14.9 Å². The largest absolute Gasteiger partial charge is 0.497 e. The Balaban J connectivity index is 2.05. The van der Waals surface area contributed by atoms with Crippen LogP contribution in [0.15, 0.2) is 60.7 Å². The fourth-order valence-corrected chi connectivity index (χ4v) is 3.46. The van der Waals surface area contributed by atoms with Crippen molar-refractivity contribution >= 4 is 5.97 Å². The number of aryl methyl sites for hydroxylation is 1. The average Bonchev–Trinajstić information content (AvgIpc) is 2.76. The molecule has 0 aliphatic heterocycles. The average molecular weight is 430 g/mol. The van der Waals surface area contributed by atoms with Crippen molar-refractivity contribution in [3.8, 4) is 28.0 Å². The highest BCUT2D eigenvalue weighted by atomic mass is 19.4. The van der Waals surface area contributed by atoms with E-state index in [1.54, 1.807) is 42.5 Å². The SMILES string of the molecule is COc1ccc(-c2ccc(-c3cccc(C(F)(F)F)c3)c(CO)c2)c(CCC(=O)O)c1. The first-order valence-corrected chi connectivity index (χ1v) is 9.53. The summed E-state index contributed by atoms with van der Waals surface area (Å²) in [5.74, 6) is -0.336. The molecule has 0 amide bonds. The number of ether oxygens (including phenoxy) is 1. The van der Waals surface area contributed by atoms with E-state index < -0.39 is 17.7 Å². The number of aliphatic carboxylic acids is 1. The molecule has 0 saturated heterocycles. The summed E-state index contributed by atoms with van der Waals surface area (Å²) in [6.45, 7) is -0.361. The molecule has 0 unspecified atom stereocenters. The number of carboxylic acid groups (broad SMARTS) is 1. The number of alkyl halides is 3. The van der Waals surface area contributed by atoms with E-state index in [9.17, 15) is 23.1 Å². The number of carbonyl (C=O) groups is 1. The molecular formula is C24H21F3O4. The Hall–Kier alpha value is -3.32. The van der Waals surface area contributed by atoms with Gasteiger partial charge in [-0.1, -0.05) is 30.3 Å². The Morgan fingerprint density at radius 2 is 1.61 bits per heavy atom. The molecule has 3 rings (SSSR count). The van der Waals surface area contributed by atoms with Gasteiger partial charge in [0.1, 0.15) is 5.75 Å². The maximum atomic E-state index is 13.1. The van der Waals surface area contributed by atoms with E-state index in [4.69, 9.17) is 9.84 Å². The van der Waals surface area contributed by atoms with Crippen molar-refractivity contribution in [3.05, 3.63) is 77.4 Å². The molecule has 0 aliphatic rings. The van der Waals surface area contributed by atoms with Crippen molar-refractivity contribution in [2.75, 3.05) is 7.11 Å². The lowest BCUT2D eigenvalue weighted by atomic mass is 9.91. The van der Waals surface area contributed by atoms with Crippen LogP contribution < -0.4 is 4.74 Å². The molecule has 0 fully saturated rings. The predicted octanol–water partition coefficient (Wildman–Crippen LogP) is 5.56. The molecule has 0 bridgehead atoms. The summed E-state index contributed by atoms with van der Waals surface area (Å²) in [6, 6.07) is 15.4. The van der Waals surface area contributed by atoms with Crippen LogP contribution in [0.25, 0.3) is 22.3 Å². The monoisotopic (exact) mass is 430 g/mol. The molecule has 0 spiro atoms. The highest BCUT2D eigenvalue weighted by Crippen LogP contribution is 2.36. The Morgan fingerprint density at radius 3 is 2.26 bits per heavy atom. The van der Waals surface area contributed by atoms with Crippen LogP contribution in [0.3, 0.4) is 0 Å². The van der Waals surface area contributed by atoms with Crippen molar-refractivity contribution < 1.29 is 32.9 Å². The summed E-state index contributed by atoms with van der Waals surface area (Å²) in [7, 11) is 1.52. The smallest absolute Gasteiger partial charge is 0.416 e. The van der Waals surface area contributed by atoms with Gasteiger partial charge in [0, 0.05) is 6.42 Å². The lowest BCUT2D eigenvalue weighted by Crippen LogP contribution is -2.04. The molecule has 0 atom stereocenters. The van der Waals surface area contributed by atoms with Gasteiger partial charge in [0.2, 0.25) is 0 Å². The quantitative estimate of drug-likeness (QED) is 0.515. The third-order valence-electron chi connectivity index (χ3n) is 5.01. The molecule has 162 valence electrons. The van der Waals surface area contributed by atoms with Crippen LogP contribution in [-0.2, 0) is 24.0 Å². The van der Waals surface area contributed by atoms with Gasteiger partial charge in [-0.15, -0.1) is 0 Å². The molecule has 0 aromatic heterocycles. The van der Waals surface area contributed by atoms with Crippen LogP contribution in [0, 0.1) is 0 Å². The van der Waals surface area contributed by atoms with E-state index in [0.717, 1.165) is 28.8 Å². The molecule has 0 aliphatic carbocycles. The number of halogens is 3. The predicted molar refractivity (Wildman–Crippen MR) is 111 cm³/mol. The Kier molecular flexibility index (Phi) is 6.65. The standard InChI is InChI=1S/C24H21F3O4/c1-31-20-7-9-21(17(13-20)6-10-23(29)30)16-5-8-22(18(11-16)14-28)15-3-2-4-19(12-15)24(25,26)27/h2-5,7-9,11-13,28H,6,10,14H2,1H3,(H,29,30). The van der Waals surface area contributed by atoms with Gasteiger partial charge in [-0.3, -0.25) is 4.79 Å². The van der Waals surface area contributed by atoms with E-state index in [0.29, 0.717) is 22.4 Å². The number of hydrogen-bond acceptors (Lipinski definition) is 3. The van der Waals surface area contributed by atoms with E-state index in [2.05, 4.69) is 0 Å². The van der Waals surface area contributed by atoms with Crippen LogP contribution in [0.2, 0.25) is 0 Å². The van der Waals surface area contributed by atoms with Crippen molar-refractivity contribution in [2.45, 2.75) is 25.6 Å². The summed E-state index contributed by atoms with van der Waals surface area (Å²) in [5.41, 5.74) is 2.82. The van der Waals surface area contributed by atoms with E-state index >= 15 is 0 Å². The first-order chi connectivity index (χ1) is 14.7. The van der Waals surface area contributed by atoms with Gasteiger partial charge >= 0.3 is 12.1 Å². The van der Waals surface area contributed by atoms with Gasteiger partial charge in [0.25, 0.3) is 0 Å². The highest BCUT2D eigenvalue weighted by molar-refractivity contribution is 5.76. The minimum Gasteiger partial charge on any atom is -0.497 e. The normalized spacial score (nSPS) is 11.4. The summed E-state index contributed by atoms with van der Waals surface area (Å²) in [4.78, 5) is 11.0. The summed E-state index contributed by atoms with van der Waals surface area (Å²) >= 11 is 0. The van der Waals surface area contributed by atoms with E-state index in [-0.39, 0.29) is 19.4 Å². The highest BCUT2D eigenvalue weighted by Gasteiger charge is 2.30. The molecule has 2 N–H and O–H groups in total. The number of rotatable bonds is 7. The minimum absolute atomic E-state index is 0.0602. The van der Waals surface area contributed by atoms with Gasteiger partial charge in [0.15, 0.2) is 0 Å². The first kappa shape index (κ1) is 22.4. The first-order valence-electron chi connectivity index (χ1n) is 9.53. The summed E-state index contributed by atoms with van der Waals surface area (Å²) in [5, 5.41) is 18.9. The van der Waals surface area contributed by atoms with Crippen molar-refractivity contribution in [1.82, 2.24) is 0 Å². The zero-order chi connectivity index (χ0) is 22.6. The maximum Gasteiger partial charge on any atom is 0.416 e.